The average Bonchev–Trinajstić information content (AvgIpc) is 3.14. The maximum Gasteiger partial charge on any atom is 0.281 e. The van der Waals surface area contributed by atoms with Gasteiger partial charge in [-0.1, -0.05) is 26.8 Å². The molecule has 0 aromatic carbocycles. The molecule has 214 valence electrons. The van der Waals surface area contributed by atoms with Crippen molar-refractivity contribution in [3.05, 3.63) is 54.2 Å². The van der Waals surface area contributed by atoms with Crippen LogP contribution in [0.25, 0.3) is 11.3 Å². The number of hydrogen-bond acceptors (Lipinski definition) is 9. The smallest absolute Gasteiger partial charge is 0.281 e. The molecule has 40 heavy (non-hydrogen) atoms. The summed E-state index contributed by atoms with van der Waals surface area (Å²) >= 11 is 0. The van der Waals surface area contributed by atoms with Crippen molar-refractivity contribution in [2.45, 2.75) is 71.1 Å². The number of anilines is 2. The highest BCUT2D eigenvalue weighted by atomic mass is 32.2. The van der Waals surface area contributed by atoms with Gasteiger partial charge >= 0.3 is 0 Å². The molecule has 10 nitrogen and oxygen atoms in total. The first-order chi connectivity index (χ1) is 18.8. The molecular formula is C29H38N6O4S. The molecule has 0 aliphatic carbocycles. The summed E-state index contributed by atoms with van der Waals surface area (Å²) in [5.74, 6) is 0.965. The standard InChI is InChI=1S/C29H38N6O4S/c1-18(2)16-20(4)39-25-17-21(12-14-31-25)23-11-10-22(27(32-23)35-15-13-19(3)29(35,5)6)28(36)34-40(37,38)26-9-7-8-24(30)33-26/h7-12,14,17-20H,13,15-16H2,1-6H3,(H2,30,33)(H,34,36). The van der Waals surface area contributed by atoms with Gasteiger partial charge in [0.25, 0.3) is 15.9 Å². The quantitative estimate of drug-likeness (QED) is 0.378. The Morgan fingerprint density at radius 3 is 2.58 bits per heavy atom. The number of carbonyl (C=O) groups is 1. The van der Waals surface area contributed by atoms with Crippen molar-refractivity contribution < 1.29 is 17.9 Å². The minimum absolute atomic E-state index is 0.000585. The molecule has 1 aliphatic rings. The highest BCUT2D eigenvalue weighted by Gasteiger charge is 2.41. The summed E-state index contributed by atoms with van der Waals surface area (Å²) in [5, 5.41) is -0.335. The number of nitrogens with two attached hydrogens (primary N) is 1. The lowest BCUT2D eigenvalue weighted by atomic mass is 9.90. The van der Waals surface area contributed by atoms with Crippen molar-refractivity contribution in [3.8, 4) is 17.1 Å². The minimum atomic E-state index is -4.26. The van der Waals surface area contributed by atoms with Crippen LogP contribution in [0.15, 0.2) is 53.7 Å². The summed E-state index contributed by atoms with van der Waals surface area (Å²) in [6.45, 7) is 13.3. The normalized spacial score (nSPS) is 17.6. The lowest BCUT2D eigenvalue weighted by Crippen LogP contribution is -2.43. The first-order valence-electron chi connectivity index (χ1n) is 13.5. The highest BCUT2D eigenvalue weighted by Crippen LogP contribution is 2.39. The van der Waals surface area contributed by atoms with Crippen LogP contribution in [0.5, 0.6) is 5.88 Å². The van der Waals surface area contributed by atoms with Gasteiger partial charge in [0.15, 0.2) is 5.03 Å². The van der Waals surface area contributed by atoms with Crippen molar-refractivity contribution in [1.29, 1.82) is 0 Å². The topological polar surface area (TPSA) is 140 Å². The van der Waals surface area contributed by atoms with Crippen LogP contribution < -0.4 is 20.1 Å². The second-order valence-electron chi connectivity index (χ2n) is 11.3. The van der Waals surface area contributed by atoms with Crippen molar-refractivity contribution in [2.24, 2.45) is 11.8 Å². The summed E-state index contributed by atoms with van der Waals surface area (Å²) < 4.78 is 34.1. The number of nitrogens with zero attached hydrogens (tertiary/aromatic N) is 4. The van der Waals surface area contributed by atoms with Gasteiger partial charge in [0.2, 0.25) is 5.88 Å². The second-order valence-corrected chi connectivity index (χ2v) is 13.0. The van der Waals surface area contributed by atoms with Crippen molar-refractivity contribution in [3.63, 3.8) is 0 Å². The van der Waals surface area contributed by atoms with Gasteiger partial charge in [-0.3, -0.25) is 4.79 Å². The fraction of sp³-hybridized carbons (Fsp3) is 0.448. The van der Waals surface area contributed by atoms with Crippen LogP contribution in [0.3, 0.4) is 0 Å². The number of nitrogen functional groups attached to an aromatic ring is 1. The van der Waals surface area contributed by atoms with Gasteiger partial charge in [0.1, 0.15) is 11.6 Å². The monoisotopic (exact) mass is 566 g/mol. The van der Waals surface area contributed by atoms with E-state index in [0.29, 0.717) is 35.8 Å². The number of ether oxygens (including phenoxy) is 1. The molecule has 0 radical (unpaired) electrons. The molecule has 1 amide bonds. The van der Waals surface area contributed by atoms with Crippen LogP contribution in [0.2, 0.25) is 0 Å². The van der Waals surface area contributed by atoms with Gasteiger partial charge in [-0.25, -0.2) is 19.7 Å². The molecule has 1 fully saturated rings. The van der Waals surface area contributed by atoms with Crippen molar-refractivity contribution >= 4 is 27.6 Å². The van der Waals surface area contributed by atoms with Gasteiger partial charge in [0.05, 0.1) is 17.4 Å². The van der Waals surface area contributed by atoms with E-state index in [4.69, 9.17) is 15.5 Å². The number of rotatable bonds is 9. The minimum Gasteiger partial charge on any atom is -0.475 e. The van der Waals surface area contributed by atoms with E-state index in [1.807, 2.05) is 19.1 Å². The molecule has 4 heterocycles. The lowest BCUT2D eigenvalue weighted by Gasteiger charge is -2.36. The Bertz CT molecular complexity index is 1490. The lowest BCUT2D eigenvalue weighted by molar-refractivity contribution is 0.0981. The van der Waals surface area contributed by atoms with Gasteiger partial charge in [-0.05, 0) is 75.8 Å². The van der Waals surface area contributed by atoms with E-state index in [2.05, 4.69) is 54.2 Å². The molecule has 2 unspecified atom stereocenters. The summed E-state index contributed by atoms with van der Waals surface area (Å²) in [4.78, 5) is 28.7. The largest absolute Gasteiger partial charge is 0.475 e. The molecule has 0 spiro atoms. The molecule has 1 aliphatic heterocycles. The van der Waals surface area contributed by atoms with Crippen LogP contribution >= 0.6 is 0 Å². The van der Waals surface area contributed by atoms with Crippen LogP contribution in [-0.4, -0.2) is 47.5 Å². The fourth-order valence-electron chi connectivity index (χ4n) is 4.96. The molecule has 0 bridgehead atoms. The number of hydrogen-bond donors (Lipinski definition) is 2. The van der Waals surface area contributed by atoms with E-state index in [9.17, 15) is 13.2 Å². The number of sulfonamides is 1. The third-order valence-corrected chi connectivity index (χ3v) is 8.70. The Morgan fingerprint density at radius 1 is 1.18 bits per heavy atom. The maximum atomic E-state index is 13.5. The number of nitrogens with one attached hydrogen (secondary N) is 1. The number of carbonyl (C=O) groups excluding carboxylic acids is 1. The molecule has 3 N–H and O–H groups in total. The van der Waals surface area contributed by atoms with E-state index >= 15 is 0 Å². The Kier molecular flexibility index (Phi) is 8.34. The second kappa shape index (κ2) is 11.4. The van der Waals surface area contributed by atoms with E-state index in [1.165, 1.54) is 18.2 Å². The Hall–Kier alpha value is -3.73. The van der Waals surface area contributed by atoms with E-state index in [-0.39, 0.29) is 28.1 Å². The van der Waals surface area contributed by atoms with Gasteiger partial charge in [-0.2, -0.15) is 8.42 Å². The maximum absolute atomic E-state index is 13.5. The Labute approximate surface area is 236 Å². The molecule has 3 aromatic rings. The molecule has 11 heteroatoms. The molecule has 3 aromatic heterocycles. The van der Waals surface area contributed by atoms with Gasteiger partial charge in [-0.15, -0.1) is 0 Å². The third-order valence-electron chi connectivity index (χ3n) is 7.47. The SMILES string of the molecule is CC(C)CC(C)Oc1cc(-c2ccc(C(=O)NS(=O)(=O)c3cccc(N)n3)c(N3CCC(C)C3(C)C)n2)ccn1. The summed E-state index contributed by atoms with van der Waals surface area (Å²) in [6, 6.07) is 11.2. The average molecular weight is 567 g/mol. The van der Waals surface area contributed by atoms with E-state index in [1.54, 1.807) is 18.3 Å². The van der Waals surface area contributed by atoms with Gasteiger partial charge < -0.3 is 15.4 Å². The van der Waals surface area contributed by atoms with Crippen LogP contribution in [-0.2, 0) is 10.0 Å². The zero-order chi connectivity index (χ0) is 29.2. The zero-order valence-corrected chi connectivity index (χ0v) is 24.7. The molecule has 4 rings (SSSR count). The Morgan fingerprint density at radius 2 is 1.93 bits per heavy atom. The van der Waals surface area contributed by atoms with Crippen LogP contribution in [0, 0.1) is 11.8 Å². The summed E-state index contributed by atoms with van der Waals surface area (Å²) in [5.41, 5.74) is 6.89. The summed E-state index contributed by atoms with van der Waals surface area (Å²) in [7, 11) is -4.26. The molecular weight excluding hydrogens is 528 g/mol. The number of aromatic nitrogens is 3. The highest BCUT2D eigenvalue weighted by molar-refractivity contribution is 7.90. The number of amides is 1. The van der Waals surface area contributed by atoms with E-state index in [0.717, 1.165) is 18.4 Å². The van der Waals surface area contributed by atoms with Crippen molar-refractivity contribution in [1.82, 2.24) is 19.7 Å². The molecule has 2 atom stereocenters. The third kappa shape index (κ3) is 6.35. The predicted molar refractivity (Wildman–Crippen MR) is 156 cm³/mol. The molecule has 0 saturated carbocycles. The summed E-state index contributed by atoms with van der Waals surface area (Å²) in [6.07, 6.45) is 3.48. The van der Waals surface area contributed by atoms with Crippen molar-refractivity contribution in [2.75, 3.05) is 17.2 Å². The predicted octanol–water partition coefficient (Wildman–Crippen LogP) is 4.68. The first-order valence-corrected chi connectivity index (χ1v) is 15.0. The fourth-order valence-corrected chi connectivity index (χ4v) is 5.90. The molecule has 1 saturated heterocycles. The Balaban J connectivity index is 1.72. The van der Waals surface area contributed by atoms with Crippen LogP contribution in [0.1, 0.15) is 64.7 Å². The number of pyridine rings is 3. The zero-order valence-electron chi connectivity index (χ0n) is 23.9. The van der Waals surface area contributed by atoms with Crippen LogP contribution in [0.4, 0.5) is 11.6 Å². The van der Waals surface area contributed by atoms with Gasteiger partial charge in [0, 0.05) is 29.9 Å². The first kappa shape index (κ1) is 29.3. The van der Waals surface area contributed by atoms with E-state index < -0.39 is 15.9 Å².